The third kappa shape index (κ3) is 4.97. The van der Waals surface area contributed by atoms with Crippen LogP contribution in [-0.2, 0) is 0 Å². The number of carbonyl (C=O) groups is 2. The van der Waals surface area contributed by atoms with Gasteiger partial charge in [0.1, 0.15) is 5.75 Å². The van der Waals surface area contributed by atoms with Crippen molar-refractivity contribution in [2.75, 3.05) is 13.7 Å². The van der Waals surface area contributed by atoms with Gasteiger partial charge in [-0.25, -0.2) is 5.01 Å². The van der Waals surface area contributed by atoms with Gasteiger partial charge in [0, 0.05) is 23.2 Å². The molecule has 0 aromatic heterocycles. The van der Waals surface area contributed by atoms with Gasteiger partial charge in [-0.05, 0) is 51.5 Å². The molecule has 2 rings (SSSR count). The predicted octanol–water partition coefficient (Wildman–Crippen LogP) is 3.98. The van der Waals surface area contributed by atoms with Crippen LogP contribution in [0.25, 0.3) is 0 Å². The highest BCUT2D eigenvalue weighted by molar-refractivity contribution is 6.00. The average Bonchev–Trinajstić information content (AvgIpc) is 2.63. The summed E-state index contributed by atoms with van der Waals surface area (Å²) >= 11 is 0. The van der Waals surface area contributed by atoms with E-state index in [1.165, 1.54) is 5.01 Å². The van der Waals surface area contributed by atoms with Gasteiger partial charge in [0.15, 0.2) is 0 Å². The van der Waals surface area contributed by atoms with E-state index in [9.17, 15) is 9.59 Å². The van der Waals surface area contributed by atoms with Gasteiger partial charge in [0.25, 0.3) is 11.8 Å². The van der Waals surface area contributed by atoms with E-state index < -0.39 is 0 Å². The van der Waals surface area contributed by atoms with Crippen LogP contribution >= 0.6 is 0 Å². The van der Waals surface area contributed by atoms with Gasteiger partial charge >= 0.3 is 0 Å². The summed E-state index contributed by atoms with van der Waals surface area (Å²) in [6.07, 6.45) is 2.28. The molecule has 2 amide bonds. The normalized spacial score (nSPS) is 10.2. The van der Waals surface area contributed by atoms with Crippen molar-refractivity contribution in [2.24, 2.45) is 0 Å². The van der Waals surface area contributed by atoms with E-state index in [0.29, 0.717) is 29.8 Å². The molecule has 2 aromatic carbocycles. The topological polar surface area (TPSA) is 58.6 Å². The van der Waals surface area contributed by atoms with Crippen LogP contribution in [0.1, 0.15) is 43.8 Å². The highest BCUT2D eigenvalue weighted by Crippen LogP contribution is 2.21. The number of hydrazine groups is 1. The van der Waals surface area contributed by atoms with E-state index in [2.05, 4.69) is 12.0 Å². The lowest BCUT2D eigenvalue weighted by Crippen LogP contribution is -2.46. The fourth-order valence-electron chi connectivity index (χ4n) is 2.95. The summed E-state index contributed by atoms with van der Waals surface area (Å²) < 4.78 is 5.27. The van der Waals surface area contributed by atoms with Crippen LogP contribution in [0.2, 0.25) is 0 Å². The number of ether oxygens (including phenoxy) is 1. The fourth-order valence-corrected chi connectivity index (χ4v) is 2.95. The van der Waals surface area contributed by atoms with E-state index in [4.69, 9.17) is 4.74 Å². The molecule has 2 aromatic rings. The average molecular weight is 366 g/mol. The minimum Gasteiger partial charge on any atom is -0.496 e. The first-order chi connectivity index (χ1) is 12.9. The molecule has 0 fully saturated rings. The van der Waals surface area contributed by atoms with Crippen LogP contribution in [0.3, 0.4) is 0 Å². The third-order valence-corrected chi connectivity index (χ3v) is 4.26. The van der Waals surface area contributed by atoms with Crippen molar-refractivity contribution < 1.29 is 14.3 Å². The Bertz CT molecular complexity index is 838. The molecule has 0 atom stereocenters. The predicted molar refractivity (Wildman–Crippen MR) is 107 cm³/mol. The van der Waals surface area contributed by atoms with Crippen molar-refractivity contribution >= 4 is 11.8 Å². The highest BCUT2D eigenvalue weighted by Gasteiger charge is 2.20. The Morgan fingerprint density at radius 3 is 2.41 bits per heavy atom. The highest BCUT2D eigenvalue weighted by atomic mass is 16.5. The van der Waals surface area contributed by atoms with Crippen LogP contribution in [0.4, 0.5) is 0 Å². The molecule has 1 N–H and O–H groups in total. The molecular weight excluding hydrogens is 340 g/mol. The second kappa shape index (κ2) is 9.03. The van der Waals surface area contributed by atoms with Gasteiger partial charge in [-0.15, -0.1) is 6.58 Å². The van der Waals surface area contributed by atoms with Crippen LogP contribution in [0.15, 0.2) is 49.1 Å². The lowest BCUT2D eigenvalue weighted by molar-refractivity contribution is 0.0586. The van der Waals surface area contributed by atoms with Gasteiger partial charge in [0.2, 0.25) is 0 Å². The van der Waals surface area contributed by atoms with Crippen LogP contribution < -0.4 is 10.2 Å². The molecule has 0 unspecified atom stereocenters. The van der Waals surface area contributed by atoms with Gasteiger partial charge in [-0.1, -0.05) is 29.3 Å². The molecule has 0 spiro atoms. The Hall–Kier alpha value is -3.08. The number of amides is 2. The number of nitrogens with zero attached hydrogens (tertiary/aromatic N) is 1. The van der Waals surface area contributed by atoms with Gasteiger partial charge in [-0.2, -0.15) is 0 Å². The molecular formula is C22H26N2O3. The number of hydrogen-bond donors (Lipinski definition) is 1. The molecule has 0 heterocycles. The zero-order chi connectivity index (χ0) is 20.0. The monoisotopic (exact) mass is 366 g/mol. The first-order valence-electron chi connectivity index (χ1n) is 8.83. The lowest BCUT2D eigenvalue weighted by atomic mass is 10.1. The number of nitrogens with one attached hydrogen (secondary N) is 1. The summed E-state index contributed by atoms with van der Waals surface area (Å²) in [5.74, 6) is 0.0201. The number of methoxy groups -OCH3 is 1. The number of hydrogen-bond acceptors (Lipinski definition) is 3. The summed E-state index contributed by atoms with van der Waals surface area (Å²) in [7, 11) is 1.56. The number of carbonyl (C=O) groups excluding carboxylic acids is 2. The molecule has 0 saturated heterocycles. The van der Waals surface area contributed by atoms with Crippen molar-refractivity contribution in [1.82, 2.24) is 10.4 Å². The number of benzene rings is 2. The van der Waals surface area contributed by atoms with Crippen molar-refractivity contribution in [2.45, 2.75) is 27.2 Å². The smallest absolute Gasteiger partial charge is 0.272 e. The Labute approximate surface area is 160 Å². The zero-order valence-electron chi connectivity index (χ0n) is 16.3. The molecule has 0 aliphatic heterocycles. The van der Waals surface area contributed by atoms with E-state index in [1.54, 1.807) is 31.4 Å². The third-order valence-electron chi connectivity index (χ3n) is 4.26. The Kier molecular flexibility index (Phi) is 6.77. The van der Waals surface area contributed by atoms with Crippen LogP contribution in [-0.4, -0.2) is 30.5 Å². The maximum atomic E-state index is 13.0. The van der Waals surface area contributed by atoms with Crippen LogP contribution in [0, 0.1) is 20.8 Å². The van der Waals surface area contributed by atoms with Gasteiger partial charge in [0.05, 0.1) is 7.11 Å². The molecule has 0 aliphatic carbocycles. The fraction of sp³-hybridized carbons (Fsp3) is 0.273. The first kappa shape index (κ1) is 20.2. The molecule has 0 saturated carbocycles. The summed E-state index contributed by atoms with van der Waals surface area (Å²) in [6.45, 7) is 9.73. The van der Waals surface area contributed by atoms with Crippen molar-refractivity contribution in [3.8, 4) is 5.75 Å². The van der Waals surface area contributed by atoms with Crippen molar-refractivity contribution in [1.29, 1.82) is 0 Å². The van der Waals surface area contributed by atoms with Crippen LogP contribution in [0.5, 0.6) is 5.75 Å². The maximum Gasteiger partial charge on any atom is 0.272 e. The molecule has 0 bridgehead atoms. The summed E-state index contributed by atoms with van der Waals surface area (Å²) in [5, 5.41) is 1.34. The molecule has 27 heavy (non-hydrogen) atoms. The van der Waals surface area contributed by atoms with E-state index >= 15 is 0 Å². The van der Waals surface area contributed by atoms with E-state index in [0.717, 1.165) is 16.7 Å². The second-order valence-electron chi connectivity index (χ2n) is 6.48. The summed E-state index contributed by atoms with van der Waals surface area (Å²) in [5.41, 5.74) is 6.46. The zero-order valence-corrected chi connectivity index (χ0v) is 16.3. The van der Waals surface area contributed by atoms with Gasteiger partial charge < -0.3 is 4.74 Å². The summed E-state index contributed by atoms with van der Waals surface area (Å²) in [4.78, 5) is 25.8. The second-order valence-corrected chi connectivity index (χ2v) is 6.48. The van der Waals surface area contributed by atoms with Crippen molar-refractivity contribution in [3.05, 3.63) is 76.9 Å². The lowest BCUT2D eigenvalue weighted by Gasteiger charge is -2.24. The van der Waals surface area contributed by atoms with E-state index in [1.807, 2.05) is 39.0 Å². The number of aryl methyl sites for hydroxylation is 2. The van der Waals surface area contributed by atoms with E-state index in [-0.39, 0.29) is 11.8 Å². The Balaban J connectivity index is 2.29. The first-order valence-corrected chi connectivity index (χ1v) is 8.83. The molecule has 142 valence electrons. The van der Waals surface area contributed by atoms with Crippen molar-refractivity contribution in [3.63, 3.8) is 0 Å². The number of rotatable bonds is 6. The Morgan fingerprint density at radius 2 is 1.81 bits per heavy atom. The maximum absolute atomic E-state index is 13.0. The summed E-state index contributed by atoms with van der Waals surface area (Å²) in [6, 6.07) is 10.9. The minimum absolute atomic E-state index is 0.252. The minimum atomic E-state index is -0.354. The largest absolute Gasteiger partial charge is 0.496 e. The molecule has 0 radical (unpaired) electrons. The molecule has 5 heteroatoms. The molecule has 0 aliphatic rings. The quantitative estimate of drug-likeness (QED) is 0.621. The molecule has 5 nitrogen and oxygen atoms in total. The standard InChI is InChI=1S/C22H26N2O3/c1-6-7-11-24(22(26)18-13-15(2)12-16(3)14-18)23-21(25)19-9-8-10-20(27-5)17(19)4/h6,8-10,12-14H,1,7,11H2,2-5H3,(H,23,25). The Morgan fingerprint density at radius 1 is 1.15 bits per heavy atom. The van der Waals surface area contributed by atoms with Gasteiger partial charge in [-0.3, -0.25) is 15.0 Å². The SMILES string of the molecule is C=CCCN(NC(=O)c1cccc(OC)c1C)C(=O)c1cc(C)cc(C)c1.